The second kappa shape index (κ2) is 9.94. The van der Waals surface area contributed by atoms with Crippen molar-refractivity contribution in [3.8, 4) is 11.5 Å². The lowest BCUT2D eigenvalue weighted by Gasteiger charge is -2.20. The molecule has 0 bridgehead atoms. The Balaban J connectivity index is 2.16. The monoisotopic (exact) mass is 404 g/mol. The predicted molar refractivity (Wildman–Crippen MR) is 112 cm³/mol. The Morgan fingerprint density at radius 2 is 1.85 bits per heavy atom. The van der Waals surface area contributed by atoms with Crippen molar-refractivity contribution < 1.29 is 14.3 Å². The average molecular weight is 405 g/mol. The maximum atomic E-state index is 12.9. The molecule has 0 saturated carbocycles. The van der Waals surface area contributed by atoms with Gasteiger partial charge < -0.3 is 15.2 Å². The van der Waals surface area contributed by atoms with Crippen LogP contribution < -0.4 is 20.1 Å². The quantitative estimate of drug-likeness (QED) is 0.653. The molecule has 142 valence electrons. The summed E-state index contributed by atoms with van der Waals surface area (Å²) in [6, 6.07) is 12.6. The van der Waals surface area contributed by atoms with Crippen molar-refractivity contribution in [1.29, 1.82) is 0 Å². The van der Waals surface area contributed by atoms with E-state index in [4.69, 9.17) is 26.8 Å². The van der Waals surface area contributed by atoms with Gasteiger partial charge in [0, 0.05) is 29.2 Å². The zero-order valence-electron chi connectivity index (χ0n) is 15.1. The molecule has 0 aliphatic carbocycles. The molecule has 1 amide bonds. The molecule has 7 heteroatoms. The molecule has 5 nitrogen and oxygen atoms in total. The van der Waals surface area contributed by atoms with E-state index in [1.54, 1.807) is 25.3 Å². The van der Waals surface area contributed by atoms with Crippen molar-refractivity contribution in [2.45, 2.75) is 5.75 Å². The van der Waals surface area contributed by atoms with Crippen LogP contribution in [0, 0.1) is 0 Å². The number of halogens is 1. The van der Waals surface area contributed by atoms with E-state index in [0.717, 1.165) is 5.56 Å². The normalized spacial score (nSPS) is 10.6. The first kappa shape index (κ1) is 20.7. The molecule has 2 aromatic carbocycles. The smallest absolute Gasteiger partial charge is 0.268 e. The zero-order chi connectivity index (χ0) is 19.8. The Morgan fingerprint density at radius 3 is 2.44 bits per heavy atom. The summed E-state index contributed by atoms with van der Waals surface area (Å²) in [6.07, 6.45) is 2.78. The van der Waals surface area contributed by atoms with E-state index in [1.165, 1.54) is 36.2 Å². The number of nitrogens with two attached hydrogens (primary N) is 1. The molecule has 0 heterocycles. The lowest BCUT2D eigenvalue weighted by Crippen LogP contribution is -2.26. The van der Waals surface area contributed by atoms with Gasteiger partial charge in [-0.15, -0.1) is 11.8 Å². The third-order valence-corrected chi connectivity index (χ3v) is 4.92. The van der Waals surface area contributed by atoms with Gasteiger partial charge in [0.05, 0.1) is 24.8 Å². The largest absolute Gasteiger partial charge is 0.493 e. The van der Waals surface area contributed by atoms with Crippen LogP contribution in [0.25, 0.3) is 0 Å². The number of hydrogen-bond donors (Lipinski definition) is 1. The van der Waals surface area contributed by atoms with Gasteiger partial charge in [-0.2, -0.15) is 0 Å². The molecule has 0 atom stereocenters. The summed E-state index contributed by atoms with van der Waals surface area (Å²) in [7, 11) is 3.09. The average Bonchev–Trinajstić information content (AvgIpc) is 2.70. The van der Waals surface area contributed by atoms with E-state index in [0.29, 0.717) is 32.9 Å². The van der Waals surface area contributed by atoms with Crippen LogP contribution in [0.5, 0.6) is 11.5 Å². The first-order valence-corrected chi connectivity index (χ1v) is 9.36. The van der Waals surface area contributed by atoms with E-state index < -0.39 is 0 Å². The van der Waals surface area contributed by atoms with Gasteiger partial charge in [-0.25, -0.2) is 0 Å². The van der Waals surface area contributed by atoms with Gasteiger partial charge in [-0.05, 0) is 29.8 Å². The van der Waals surface area contributed by atoms with Gasteiger partial charge in [-0.3, -0.25) is 9.69 Å². The minimum atomic E-state index is -0.275. The van der Waals surface area contributed by atoms with Crippen LogP contribution in [-0.4, -0.2) is 20.1 Å². The van der Waals surface area contributed by atoms with E-state index in [1.807, 2.05) is 24.3 Å². The SMILES string of the molecule is C=C(SCc1ccc(Cl)cc1)C(=O)N(/C=C\N)c1ccc(OC)c(OC)c1. The molecule has 0 radical (unpaired) electrons. The van der Waals surface area contributed by atoms with Gasteiger partial charge in [0.25, 0.3) is 5.91 Å². The van der Waals surface area contributed by atoms with Gasteiger partial charge in [-0.1, -0.05) is 30.3 Å². The second-order valence-electron chi connectivity index (χ2n) is 5.39. The van der Waals surface area contributed by atoms with Gasteiger partial charge in [0.15, 0.2) is 11.5 Å². The Kier molecular flexibility index (Phi) is 7.64. The summed E-state index contributed by atoms with van der Waals surface area (Å²) in [6.45, 7) is 3.91. The lowest BCUT2D eigenvalue weighted by atomic mass is 10.2. The molecule has 2 rings (SSSR count). The number of carbonyl (C=O) groups excluding carboxylic acids is 1. The van der Waals surface area contributed by atoms with Crippen LogP contribution in [0.1, 0.15) is 5.56 Å². The van der Waals surface area contributed by atoms with Gasteiger partial charge in [0.1, 0.15) is 0 Å². The first-order valence-electron chi connectivity index (χ1n) is 8.00. The maximum Gasteiger partial charge on any atom is 0.268 e. The molecule has 0 aliphatic rings. The van der Waals surface area contributed by atoms with E-state index >= 15 is 0 Å². The number of hydrogen-bond acceptors (Lipinski definition) is 5. The highest BCUT2D eigenvalue weighted by Gasteiger charge is 2.19. The van der Waals surface area contributed by atoms with E-state index in [2.05, 4.69) is 6.58 Å². The number of rotatable bonds is 8. The van der Waals surface area contributed by atoms with Gasteiger partial charge in [0.2, 0.25) is 0 Å². The van der Waals surface area contributed by atoms with Gasteiger partial charge >= 0.3 is 0 Å². The zero-order valence-corrected chi connectivity index (χ0v) is 16.7. The van der Waals surface area contributed by atoms with Crippen LogP contribution in [0.2, 0.25) is 5.02 Å². The fraction of sp³-hybridized carbons (Fsp3) is 0.150. The van der Waals surface area contributed by atoms with Crippen molar-refractivity contribution >= 4 is 35.0 Å². The topological polar surface area (TPSA) is 64.8 Å². The van der Waals surface area contributed by atoms with Crippen LogP contribution in [-0.2, 0) is 10.5 Å². The summed E-state index contributed by atoms with van der Waals surface area (Å²) < 4.78 is 10.5. The minimum absolute atomic E-state index is 0.275. The number of benzene rings is 2. The summed E-state index contributed by atoms with van der Waals surface area (Å²) in [5.41, 5.74) is 7.17. The summed E-state index contributed by atoms with van der Waals surface area (Å²) in [5, 5.41) is 0.673. The standard InChI is InChI=1S/C20H21ClN2O3S/c1-14(27-13-15-4-6-16(21)7-5-15)20(24)23(11-10-22)17-8-9-18(25-2)19(12-17)26-3/h4-12H,1,13,22H2,2-3H3/b11-10-. The minimum Gasteiger partial charge on any atom is -0.493 e. The maximum absolute atomic E-state index is 12.9. The molecule has 2 N–H and O–H groups in total. The molecule has 0 aliphatic heterocycles. The van der Waals surface area contributed by atoms with Crippen molar-refractivity contribution in [3.05, 3.63) is 76.9 Å². The predicted octanol–water partition coefficient (Wildman–Crippen LogP) is 4.57. The van der Waals surface area contributed by atoms with Crippen LogP contribution in [0.3, 0.4) is 0 Å². The molecular formula is C20H21ClN2O3S. The first-order chi connectivity index (χ1) is 13.0. The summed E-state index contributed by atoms with van der Waals surface area (Å²) >= 11 is 7.24. The molecule has 0 spiro atoms. The van der Waals surface area contributed by atoms with Crippen molar-refractivity contribution in [2.24, 2.45) is 5.73 Å². The number of amides is 1. The third kappa shape index (κ3) is 5.45. The molecule has 0 saturated heterocycles. The fourth-order valence-electron chi connectivity index (χ4n) is 2.28. The number of ether oxygens (including phenoxy) is 2. The van der Waals surface area contributed by atoms with Crippen molar-refractivity contribution in [1.82, 2.24) is 0 Å². The highest BCUT2D eigenvalue weighted by atomic mass is 35.5. The Morgan fingerprint density at radius 1 is 1.19 bits per heavy atom. The van der Waals surface area contributed by atoms with Crippen LogP contribution >= 0.6 is 23.4 Å². The number of thioether (sulfide) groups is 1. The molecular weight excluding hydrogens is 384 g/mol. The van der Waals surface area contributed by atoms with Crippen molar-refractivity contribution in [2.75, 3.05) is 19.1 Å². The fourth-order valence-corrected chi connectivity index (χ4v) is 3.16. The van der Waals surface area contributed by atoms with Crippen LogP contribution in [0.4, 0.5) is 5.69 Å². The van der Waals surface area contributed by atoms with E-state index in [-0.39, 0.29) is 5.91 Å². The molecule has 27 heavy (non-hydrogen) atoms. The number of anilines is 1. The van der Waals surface area contributed by atoms with E-state index in [9.17, 15) is 4.79 Å². The highest BCUT2D eigenvalue weighted by molar-refractivity contribution is 8.03. The second-order valence-corrected chi connectivity index (χ2v) is 6.90. The number of carbonyl (C=O) groups is 1. The molecule has 0 fully saturated rings. The van der Waals surface area contributed by atoms with Crippen LogP contribution in [0.15, 0.2) is 66.3 Å². The molecule has 0 unspecified atom stereocenters. The third-order valence-electron chi connectivity index (χ3n) is 3.66. The number of methoxy groups -OCH3 is 2. The Bertz CT molecular complexity index is 838. The summed E-state index contributed by atoms with van der Waals surface area (Å²) in [4.78, 5) is 14.7. The molecule has 2 aromatic rings. The van der Waals surface area contributed by atoms with Crippen molar-refractivity contribution in [3.63, 3.8) is 0 Å². The summed E-state index contributed by atoms with van der Waals surface area (Å²) in [5.74, 6) is 1.41. The lowest BCUT2D eigenvalue weighted by molar-refractivity contribution is -0.113. The Labute approximate surface area is 168 Å². The Hall–Kier alpha value is -2.57. The highest BCUT2D eigenvalue weighted by Crippen LogP contribution is 2.33. The molecule has 0 aromatic heterocycles. The number of nitrogens with zero attached hydrogens (tertiary/aromatic N) is 1.